The molecule has 1 saturated heterocycles. The Morgan fingerprint density at radius 2 is 1.88 bits per heavy atom. The van der Waals surface area contributed by atoms with Crippen molar-refractivity contribution in [3.05, 3.63) is 0 Å². The molecule has 0 aromatic carbocycles. The number of rotatable bonds is 4. The summed E-state index contributed by atoms with van der Waals surface area (Å²) in [5.74, 6) is 0.734. The molecule has 0 bridgehead atoms. The summed E-state index contributed by atoms with van der Waals surface area (Å²) in [7, 11) is 0. The Hall–Kier alpha value is -0.120. The van der Waals surface area contributed by atoms with Crippen molar-refractivity contribution in [2.75, 3.05) is 19.6 Å². The lowest BCUT2D eigenvalue weighted by Crippen LogP contribution is -2.49. The van der Waals surface area contributed by atoms with Crippen molar-refractivity contribution in [3.8, 4) is 0 Å². The van der Waals surface area contributed by atoms with Crippen LogP contribution in [0.4, 0.5) is 0 Å². The molecule has 3 heteroatoms. The number of likely N-dealkylation sites (tertiary alicyclic amines) is 1. The first-order valence-electron chi connectivity index (χ1n) is 7.41. The van der Waals surface area contributed by atoms with Crippen molar-refractivity contribution in [2.45, 2.75) is 64.1 Å². The molecule has 2 rings (SSSR count). The van der Waals surface area contributed by atoms with Gasteiger partial charge in [-0.3, -0.25) is 0 Å². The monoisotopic (exact) mass is 239 g/mol. The average Bonchev–Trinajstić information content (AvgIpc) is 2.77. The summed E-state index contributed by atoms with van der Waals surface area (Å²) in [5, 5.41) is 3.87. The zero-order valence-electron chi connectivity index (χ0n) is 11.5. The maximum atomic E-state index is 5.84. The summed E-state index contributed by atoms with van der Waals surface area (Å²) in [4.78, 5) is 2.59. The maximum Gasteiger partial charge on any atom is 0.0110 e. The third-order valence-electron chi connectivity index (χ3n) is 4.67. The molecule has 0 spiro atoms. The highest BCUT2D eigenvalue weighted by molar-refractivity contribution is 4.88. The number of nitrogens with one attached hydrogen (secondary N) is 1. The van der Waals surface area contributed by atoms with Gasteiger partial charge in [-0.2, -0.15) is 0 Å². The molecular weight excluding hydrogens is 210 g/mol. The average molecular weight is 239 g/mol. The minimum Gasteiger partial charge on any atom is -0.330 e. The summed E-state index contributed by atoms with van der Waals surface area (Å²) in [6.07, 6.45) is 6.66. The van der Waals surface area contributed by atoms with Gasteiger partial charge in [-0.1, -0.05) is 6.42 Å². The molecule has 100 valence electrons. The Kier molecular flexibility index (Phi) is 4.83. The van der Waals surface area contributed by atoms with Crippen LogP contribution >= 0.6 is 0 Å². The lowest BCUT2D eigenvalue weighted by Gasteiger charge is -2.37. The van der Waals surface area contributed by atoms with E-state index in [9.17, 15) is 0 Å². The van der Waals surface area contributed by atoms with E-state index in [1.807, 2.05) is 0 Å². The van der Waals surface area contributed by atoms with Gasteiger partial charge in [-0.05, 0) is 65.1 Å². The largest absolute Gasteiger partial charge is 0.330 e. The summed E-state index contributed by atoms with van der Waals surface area (Å²) in [5.41, 5.74) is 5.84. The van der Waals surface area contributed by atoms with Crippen LogP contribution in [0.1, 0.15) is 46.0 Å². The second-order valence-corrected chi connectivity index (χ2v) is 6.10. The molecule has 2 aliphatic rings. The van der Waals surface area contributed by atoms with Gasteiger partial charge in [0, 0.05) is 18.1 Å². The first-order valence-corrected chi connectivity index (χ1v) is 7.41. The van der Waals surface area contributed by atoms with E-state index in [-0.39, 0.29) is 0 Å². The second-order valence-electron chi connectivity index (χ2n) is 6.10. The van der Waals surface area contributed by atoms with Gasteiger partial charge in [0.05, 0.1) is 0 Å². The third kappa shape index (κ3) is 3.43. The summed E-state index contributed by atoms with van der Waals surface area (Å²) < 4.78 is 0. The van der Waals surface area contributed by atoms with E-state index in [1.165, 1.54) is 45.2 Å². The predicted octanol–water partition coefficient (Wildman–Crippen LogP) is 1.58. The van der Waals surface area contributed by atoms with E-state index in [0.29, 0.717) is 12.1 Å². The van der Waals surface area contributed by atoms with Crippen molar-refractivity contribution < 1.29 is 0 Å². The van der Waals surface area contributed by atoms with Gasteiger partial charge in [0.1, 0.15) is 0 Å². The molecule has 0 aromatic heterocycles. The molecular formula is C14H29N3. The fraction of sp³-hybridized carbons (Fsp3) is 1.00. The van der Waals surface area contributed by atoms with Crippen LogP contribution in [-0.4, -0.2) is 42.7 Å². The third-order valence-corrected chi connectivity index (χ3v) is 4.67. The minimum absolute atomic E-state index is 0.704. The van der Waals surface area contributed by atoms with Crippen molar-refractivity contribution >= 4 is 0 Å². The van der Waals surface area contributed by atoms with Crippen LogP contribution in [0.2, 0.25) is 0 Å². The number of nitrogens with two attached hydrogens (primary N) is 1. The summed E-state index contributed by atoms with van der Waals surface area (Å²) in [6, 6.07) is 2.15. The van der Waals surface area contributed by atoms with E-state index in [2.05, 4.69) is 24.1 Å². The van der Waals surface area contributed by atoms with Gasteiger partial charge in [0.2, 0.25) is 0 Å². The minimum atomic E-state index is 0.704. The normalized spacial score (nSPS) is 32.5. The molecule has 17 heavy (non-hydrogen) atoms. The molecule has 1 heterocycles. The van der Waals surface area contributed by atoms with Crippen LogP contribution in [0.5, 0.6) is 0 Å². The molecule has 1 saturated carbocycles. The quantitative estimate of drug-likeness (QED) is 0.782. The van der Waals surface area contributed by atoms with Crippen molar-refractivity contribution in [1.82, 2.24) is 10.2 Å². The lowest BCUT2D eigenvalue weighted by atomic mass is 9.98. The Morgan fingerprint density at radius 1 is 1.18 bits per heavy atom. The van der Waals surface area contributed by atoms with Gasteiger partial charge in [0.15, 0.2) is 0 Å². The van der Waals surface area contributed by atoms with E-state index >= 15 is 0 Å². The molecule has 0 amide bonds. The SMILES string of the molecule is CC(C)N1CCC(NC2CCCC2CN)CC1. The topological polar surface area (TPSA) is 41.3 Å². The zero-order chi connectivity index (χ0) is 12.3. The fourth-order valence-corrected chi connectivity index (χ4v) is 3.42. The van der Waals surface area contributed by atoms with Crippen LogP contribution < -0.4 is 11.1 Å². The molecule has 0 radical (unpaired) electrons. The van der Waals surface area contributed by atoms with Crippen molar-refractivity contribution in [1.29, 1.82) is 0 Å². The Labute approximate surface area is 106 Å². The Morgan fingerprint density at radius 3 is 2.47 bits per heavy atom. The predicted molar refractivity (Wildman–Crippen MR) is 73.1 cm³/mol. The first kappa shape index (κ1) is 13.3. The number of piperidine rings is 1. The highest BCUT2D eigenvalue weighted by Crippen LogP contribution is 2.26. The highest BCUT2D eigenvalue weighted by Gasteiger charge is 2.29. The molecule has 3 N–H and O–H groups in total. The molecule has 2 unspecified atom stereocenters. The second kappa shape index (κ2) is 6.17. The molecule has 1 aliphatic carbocycles. The van der Waals surface area contributed by atoms with E-state index < -0.39 is 0 Å². The molecule has 2 atom stereocenters. The van der Waals surface area contributed by atoms with Crippen LogP contribution in [0.3, 0.4) is 0 Å². The molecule has 0 aromatic rings. The molecule has 2 fully saturated rings. The molecule has 3 nitrogen and oxygen atoms in total. The van der Waals surface area contributed by atoms with Crippen LogP contribution in [0, 0.1) is 5.92 Å². The summed E-state index contributed by atoms with van der Waals surface area (Å²) in [6.45, 7) is 7.98. The van der Waals surface area contributed by atoms with Crippen molar-refractivity contribution in [3.63, 3.8) is 0 Å². The van der Waals surface area contributed by atoms with Crippen LogP contribution in [-0.2, 0) is 0 Å². The maximum absolute atomic E-state index is 5.84. The first-order chi connectivity index (χ1) is 8.20. The van der Waals surface area contributed by atoms with Gasteiger partial charge in [-0.25, -0.2) is 0 Å². The van der Waals surface area contributed by atoms with Crippen molar-refractivity contribution in [2.24, 2.45) is 11.7 Å². The standard InChI is InChI=1S/C14H29N3/c1-11(2)17-8-6-13(7-9-17)16-14-5-3-4-12(14)10-15/h11-14,16H,3-10,15H2,1-2H3. The van der Waals surface area contributed by atoms with Gasteiger partial charge in [-0.15, -0.1) is 0 Å². The number of hydrogen-bond donors (Lipinski definition) is 2. The molecule has 1 aliphatic heterocycles. The van der Waals surface area contributed by atoms with E-state index in [4.69, 9.17) is 5.73 Å². The van der Waals surface area contributed by atoms with Gasteiger partial charge >= 0.3 is 0 Å². The van der Waals surface area contributed by atoms with Crippen LogP contribution in [0.25, 0.3) is 0 Å². The van der Waals surface area contributed by atoms with Crippen LogP contribution in [0.15, 0.2) is 0 Å². The van der Waals surface area contributed by atoms with Gasteiger partial charge in [0.25, 0.3) is 0 Å². The fourth-order valence-electron chi connectivity index (χ4n) is 3.42. The van der Waals surface area contributed by atoms with E-state index in [0.717, 1.165) is 18.5 Å². The zero-order valence-corrected chi connectivity index (χ0v) is 11.5. The number of nitrogens with zero attached hydrogens (tertiary/aromatic N) is 1. The Bertz CT molecular complexity index is 222. The summed E-state index contributed by atoms with van der Waals surface area (Å²) >= 11 is 0. The van der Waals surface area contributed by atoms with Gasteiger partial charge < -0.3 is 16.0 Å². The number of hydrogen-bond acceptors (Lipinski definition) is 3. The lowest BCUT2D eigenvalue weighted by molar-refractivity contribution is 0.153. The smallest absolute Gasteiger partial charge is 0.0110 e. The highest BCUT2D eigenvalue weighted by atomic mass is 15.2. The van der Waals surface area contributed by atoms with E-state index in [1.54, 1.807) is 0 Å². The Balaban J connectivity index is 1.74.